The number of benzene rings is 1. The Hall–Kier alpha value is -2.45. The van der Waals surface area contributed by atoms with Crippen molar-refractivity contribution in [3.05, 3.63) is 49.9 Å². The van der Waals surface area contributed by atoms with Crippen LogP contribution in [0.2, 0.25) is 10.0 Å². The summed E-state index contributed by atoms with van der Waals surface area (Å²) in [5, 5.41) is 19.1. The Kier molecular flexibility index (Phi) is 4.16. The average Bonchev–Trinajstić information content (AvgIpc) is 2.41. The van der Waals surface area contributed by atoms with Crippen LogP contribution in [0.5, 0.6) is 0 Å². The first kappa shape index (κ1) is 15.9. The zero-order valence-corrected chi connectivity index (χ0v) is 12.0. The molecule has 0 saturated heterocycles. The third kappa shape index (κ3) is 2.78. The summed E-state index contributed by atoms with van der Waals surface area (Å²) >= 11 is 11.3. The molecule has 0 aliphatic heterocycles. The molecule has 3 N–H and O–H groups in total. The molecule has 1 aromatic heterocycles. The number of nitrogen functional groups attached to an aromatic ring is 1. The van der Waals surface area contributed by atoms with Crippen molar-refractivity contribution in [2.45, 2.75) is 0 Å². The third-order valence-electron chi connectivity index (χ3n) is 2.70. The number of nitro benzene ring substituents is 1. The van der Waals surface area contributed by atoms with E-state index in [0.717, 1.165) is 18.2 Å². The second-order valence-electron chi connectivity index (χ2n) is 4.11. The molecule has 0 spiro atoms. The van der Waals surface area contributed by atoms with Gasteiger partial charge in [-0.2, -0.15) is 0 Å². The van der Waals surface area contributed by atoms with Crippen molar-refractivity contribution >= 4 is 40.5 Å². The fourth-order valence-corrected chi connectivity index (χ4v) is 2.10. The van der Waals surface area contributed by atoms with E-state index in [1.54, 1.807) is 0 Å². The van der Waals surface area contributed by atoms with E-state index in [4.69, 9.17) is 34.0 Å². The summed E-state index contributed by atoms with van der Waals surface area (Å²) in [4.78, 5) is 24.8. The molecule has 2 aromatic rings. The SMILES string of the molecule is Nc1cc(-c2cc([N+](=O)[O-])c(Cl)cc2F)nc(C(=O)O)c1Cl. The van der Waals surface area contributed by atoms with Crippen LogP contribution >= 0.6 is 23.2 Å². The summed E-state index contributed by atoms with van der Waals surface area (Å²) in [6, 6.07) is 2.70. The molecule has 0 aliphatic rings. The molecule has 0 fully saturated rings. The molecule has 0 amide bonds. The van der Waals surface area contributed by atoms with Gasteiger partial charge in [0.2, 0.25) is 0 Å². The van der Waals surface area contributed by atoms with Gasteiger partial charge in [0.25, 0.3) is 5.69 Å². The fraction of sp³-hybridized carbons (Fsp3) is 0. The summed E-state index contributed by atoms with van der Waals surface area (Å²) in [5.41, 5.74) is 3.74. The van der Waals surface area contributed by atoms with Crippen molar-refractivity contribution in [3.8, 4) is 11.3 Å². The molecule has 10 heteroatoms. The lowest BCUT2D eigenvalue weighted by molar-refractivity contribution is -0.384. The molecule has 0 aliphatic carbocycles. The molecule has 0 radical (unpaired) electrons. The Bertz CT molecular complexity index is 813. The Morgan fingerprint density at radius 1 is 1.36 bits per heavy atom. The molecule has 1 heterocycles. The van der Waals surface area contributed by atoms with E-state index in [-0.39, 0.29) is 22.0 Å². The molecule has 0 bridgehead atoms. The number of rotatable bonds is 3. The van der Waals surface area contributed by atoms with E-state index >= 15 is 0 Å². The molecule has 2 rings (SSSR count). The van der Waals surface area contributed by atoms with Crippen LogP contribution in [0.4, 0.5) is 15.8 Å². The predicted molar refractivity (Wildman–Crippen MR) is 77.7 cm³/mol. The van der Waals surface area contributed by atoms with Gasteiger partial charge in [0, 0.05) is 17.7 Å². The number of carbonyl (C=O) groups is 1. The standard InChI is InChI=1S/C12H6Cl2FN3O4/c13-5-2-6(15)4(1-9(5)18(21)22)8-3-7(16)10(14)11(17-8)12(19)20/h1-3H,(H2,16,17)(H,19,20). The molecule has 0 unspecified atom stereocenters. The number of halogens is 3. The number of carboxylic acid groups (broad SMARTS) is 1. The lowest BCUT2D eigenvalue weighted by atomic mass is 10.1. The van der Waals surface area contributed by atoms with Crippen LogP contribution in [0.1, 0.15) is 10.5 Å². The second-order valence-corrected chi connectivity index (χ2v) is 4.89. The van der Waals surface area contributed by atoms with Crippen LogP contribution < -0.4 is 5.73 Å². The number of nitrogens with two attached hydrogens (primary N) is 1. The molecule has 1 aromatic carbocycles. The van der Waals surface area contributed by atoms with Gasteiger partial charge < -0.3 is 10.8 Å². The molecule has 7 nitrogen and oxygen atoms in total. The zero-order chi connectivity index (χ0) is 16.6. The highest BCUT2D eigenvalue weighted by molar-refractivity contribution is 6.35. The van der Waals surface area contributed by atoms with Crippen molar-refractivity contribution in [3.63, 3.8) is 0 Å². The van der Waals surface area contributed by atoms with E-state index in [1.807, 2.05) is 0 Å². The lowest BCUT2D eigenvalue weighted by Gasteiger charge is -2.08. The maximum Gasteiger partial charge on any atom is 0.356 e. The molecule has 0 saturated carbocycles. The van der Waals surface area contributed by atoms with Gasteiger partial charge in [-0.25, -0.2) is 14.2 Å². The second kappa shape index (κ2) is 5.74. The van der Waals surface area contributed by atoms with Crippen LogP contribution in [0.25, 0.3) is 11.3 Å². The monoisotopic (exact) mass is 345 g/mol. The van der Waals surface area contributed by atoms with E-state index in [9.17, 15) is 19.3 Å². The van der Waals surface area contributed by atoms with Crippen LogP contribution in [0.3, 0.4) is 0 Å². The van der Waals surface area contributed by atoms with Crippen molar-refractivity contribution in [1.29, 1.82) is 0 Å². The maximum atomic E-state index is 14.0. The Labute approximate surface area is 132 Å². The topological polar surface area (TPSA) is 119 Å². The zero-order valence-electron chi connectivity index (χ0n) is 10.5. The van der Waals surface area contributed by atoms with Gasteiger partial charge in [0.1, 0.15) is 10.8 Å². The fourth-order valence-electron chi connectivity index (χ4n) is 1.70. The van der Waals surface area contributed by atoms with Crippen LogP contribution in [0.15, 0.2) is 18.2 Å². The Morgan fingerprint density at radius 2 is 2.00 bits per heavy atom. The summed E-state index contributed by atoms with van der Waals surface area (Å²) in [5.74, 6) is -2.39. The summed E-state index contributed by atoms with van der Waals surface area (Å²) in [6.07, 6.45) is 0. The number of nitrogens with zero attached hydrogens (tertiary/aromatic N) is 2. The van der Waals surface area contributed by atoms with E-state index < -0.39 is 33.1 Å². The molecule has 114 valence electrons. The van der Waals surface area contributed by atoms with Crippen molar-refractivity contribution in [2.75, 3.05) is 5.73 Å². The number of hydrogen-bond acceptors (Lipinski definition) is 5. The van der Waals surface area contributed by atoms with Crippen molar-refractivity contribution < 1.29 is 19.2 Å². The van der Waals surface area contributed by atoms with Gasteiger partial charge in [-0.15, -0.1) is 0 Å². The molecular formula is C12H6Cl2FN3O4. The van der Waals surface area contributed by atoms with Gasteiger partial charge in [-0.1, -0.05) is 23.2 Å². The van der Waals surface area contributed by atoms with Crippen LogP contribution in [-0.2, 0) is 0 Å². The minimum absolute atomic E-state index is 0.152. The van der Waals surface area contributed by atoms with Crippen LogP contribution in [0, 0.1) is 15.9 Å². The van der Waals surface area contributed by atoms with Gasteiger partial charge in [-0.3, -0.25) is 10.1 Å². The minimum atomic E-state index is -1.47. The largest absolute Gasteiger partial charge is 0.476 e. The van der Waals surface area contributed by atoms with Crippen LogP contribution in [-0.4, -0.2) is 21.0 Å². The van der Waals surface area contributed by atoms with E-state index in [0.29, 0.717) is 0 Å². The number of aromatic nitrogens is 1. The van der Waals surface area contributed by atoms with Gasteiger partial charge in [-0.05, 0) is 6.07 Å². The number of carboxylic acids is 1. The lowest BCUT2D eigenvalue weighted by Crippen LogP contribution is -2.06. The number of anilines is 1. The number of hydrogen-bond donors (Lipinski definition) is 2. The van der Waals surface area contributed by atoms with Gasteiger partial charge >= 0.3 is 5.97 Å². The van der Waals surface area contributed by atoms with Crippen molar-refractivity contribution in [1.82, 2.24) is 4.98 Å². The highest BCUT2D eigenvalue weighted by Gasteiger charge is 2.22. The smallest absolute Gasteiger partial charge is 0.356 e. The number of aromatic carboxylic acids is 1. The number of pyridine rings is 1. The van der Waals surface area contributed by atoms with E-state index in [2.05, 4.69) is 4.98 Å². The summed E-state index contributed by atoms with van der Waals surface area (Å²) in [6.45, 7) is 0. The third-order valence-corrected chi connectivity index (χ3v) is 3.40. The summed E-state index contributed by atoms with van der Waals surface area (Å²) < 4.78 is 14.0. The molecule has 0 atom stereocenters. The number of nitro groups is 1. The minimum Gasteiger partial charge on any atom is -0.476 e. The molecular weight excluding hydrogens is 340 g/mol. The maximum absolute atomic E-state index is 14.0. The van der Waals surface area contributed by atoms with Gasteiger partial charge in [0.15, 0.2) is 5.69 Å². The highest BCUT2D eigenvalue weighted by Crippen LogP contribution is 2.34. The first-order chi connectivity index (χ1) is 10.2. The predicted octanol–water partition coefficient (Wildman–Crippen LogP) is 3.38. The Balaban J connectivity index is 2.74. The molecule has 22 heavy (non-hydrogen) atoms. The average molecular weight is 346 g/mol. The normalized spacial score (nSPS) is 10.5. The van der Waals surface area contributed by atoms with E-state index in [1.165, 1.54) is 0 Å². The Morgan fingerprint density at radius 3 is 2.55 bits per heavy atom. The summed E-state index contributed by atoms with van der Waals surface area (Å²) in [7, 11) is 0. The quantitative estimate of drug-likeness (QED) is 0.649. The van der Waals surface area contributed by atoms with Gasteiger partial charge in [0.05, 0.1) is 21.3 Å². The highest BCUT2D eigenvalue weighted by atomic mass is 35.5. The first-order valence-corrected chi connectivity index (χ1v) is 6.31. The first-order valence-electron chi connectivity index (χ1n) is 5.55. The van der Waals surface area contributed by atoms with Crippen molar-refractivity contribution in [2.24, 2.45) is 0 Å².